The van der Waals surface area contributed by atoms with E-state index < -0.39 is 8.32 Å². The van der Waals surface area contributed by atoms with Crippen LogP contribution in [-0.2, 0) is 17.4 Å². The maximum absolute atomic E-state index is 6.28. The average Bonchev–Trinajstić information content (AvgIpc) is 2.37. The molecule has 1 aliphatic heterocycles. The van der Waals surface area contributed by atoms with Crippen LogP contribution in [-0.4, -0.2) is 32.9 Å². The summed E-state index contributed by atoms with van der Waals surface area (Å²) in [6.45, 7) is 15.5. The van der Waals surface area contributed by atoms with Crippen LogP contribution in [0.25, 0.3) is 0 Å². The van der Waals surface area contributed by atoms with Gasteiger partial charge in [0.15, 0.2) is 8.32 Å². The number of hydrogen-bond donors (Lipinski definition) is 1. The van der Waals surface area contributed by atoms with Gasteiger partial charge in [0.2, 0.25) is 0 Å². The Hall–Kier alpha value is -0.843. The van der Waals surface area contributed by atoms with Crippen molar-refractivity contribution in [1.82, 2.24) is 4.90 Å². The summed E-state index contributed by atoms with van der Waals surface area (Å²) >= 11 is 0. The highest BCUT2D eigenvalue weighted by Gasteiger charge is 2.37. The molecule has 0 unspecified atom stereocenters. The molecule has 0 aromatic heterocycles. The van der Waals surface area contributed by atoms with E-state index in [-0.39, 0.29) is 5.04 Å². The van der Waals surface area contributed by atoms with Crippen LogP contribution in [0.5, 0.6) is 0 Å². The van der Waals surface area contributed by atoms with Gasteiger partial charge in [0.05, 0.1) is 0 Å². The van der Waals surface area contributed by atoms with Crippen molar-refractivity contribution in [2.45, 2.75) is 51.9 Å². The van der Waals surface area contributed by atoms with E-state index in [0.717, 1.165) is 38.3 Å². The molecule has 2 rings (SSSR count). The molecule has 4 heteroatoms. The van der Waals surface area contributed by atoms with Crippen LogP contribution in [0.2, 0.25) is 18.1 Å². The quantitative estimate of drug-likeness (QED) is 0.681. The lowest BCUT2D eigenvalue weighted by Crippen LogP contribution is -2.43. The van der Waals surface area contributed by atoms with Crippen molar-refractivity contribution in [1.29, 1.82) is 0 Å². The van der Waals surface area contributed by atoms with E-state index in [4.69, 9.17) is 10.2 Å². The molecule has 0 saturated carbocycles. The zero-order valence-electron chi connectivity index (χ0n) is 14.2. The maximum atomic E-state index is 6.28. The third-order valence-electron chi connectivity index (χ3n) is 5.06. The Morgan fingerprint density at radius 3 is 2.67 bits per heavy atom. The molecule has 0 atom stereocenters. The molecule has 0 radical (unpaired) electrons. The number of nitrogens with zero attached hydrogens (tertiary/aromatic N) is 1. The summed E-state index contributed by atoms with van der Waals surface area (Å²) in [5.41, 5.74) is 9.73. The van der Waals surface area contributed by atoms with Crippen LogP contribution < -0.4 is 5.73 Å². The number of hydrogen-bond acceptors (Lipinski definition) is 3. The Bertz CT molecular complexity index is 494. The molecule has 0 fully saturated rings. The van der Waals surface area contributed by atoms with Gasteiger partial charge >= 0.3 is 0 Å². The Morgan fingerprint density at radius 2 is 2.00 bits per heavy atom. The second-order valence-electron chi connectivity index (χ2n) is 7.62. The Kier molecular flexibility index (Phi) is 4.81. The lowest BCUT2D eigenvalue weighted by Gasteiger charge is -2.37. The van der Waals surface area contributed by atoms with Gasteiger partial charge in [0, 0.05) is 31.9 Å². The third-order valence-corrected chi connectivity index (χ3v) is 9.60. The van der Waals surface area contributed by atoms with E-state index in [0.29, 0.717) is 0 Å². The fraction of sp³-hybridized carbons (Fsp3) is 0.647. The van der Waals surface area contributed by atoms with Crippen molar-refractivity contribution in [2.75, 3.05) is 25.4 Å². The minimum Gasteiger partial charge on any atom is -0.416 e. The van der Waals surface area contributed by atoms with Crippen molar-refractivity contribution >= 4 is 14.0 Å². The Balaban J connectivity index is 1.87. The van der Waals surface area contributed by atoms with Crippen molar-refractivity contribution in [3.05, 3.63) is 29.3 Å². The molecule has 1 aromatic carbocycles. The highest BCUT2D eigenvalue weighted by molar-refractivity contribution is 6.74. The molecule has 0 spiro atoms. The van der Waals surface area contributed by atoms with E-state index in [9.17, 15) is 0 Å². The van der Waals surface area contributed by atoms with Crippen LogP contribution >= 0.6 is 0 Å². The lowest BCUT2D eigenvalue weighted by molar-refractivity contribution is 0.187. The smallest absolute Gasteiger partial charge is 0.192 e. The van der Waals surface area contributed by atoms with Gasteiger partial charge in [-0.05, 0) is 41.7 Å². The Labute approximate surface area is 130 Å². The topological polar surface area (TPSA) is 38.5 Å². The van der Waals surface area contributed by atoms with E-state index in [1.807, 2.05) is 6.07 Å². The van der Waals surface area contributed by atoms with Gasteiger partial charge in [-0.3, -0.25) is 4.90 Å². The molecule has 0 aliphatic carbocycles. The molecule has 1 heterocycles. The number of nitrogen functional groups attached to an aromatic ring is 1. The van der Waals surface area contributed by atoms with E-state index in [1.54, 1.807) is 0 Å². The van der Waals surface area contributed by atoms with Gasteiger partial charge in [-0.25, -0.2) is 0 Å². The summed E-state index contributed by atoms with van der Waals surface area (Å²) in [7, 11) is -1.62. The molecule has 21 heavy (non-hydrogen) atoms. The summed E-state index contributed by atoms with van der Waals surface area (Å²) in [5.74, 6) is 0. The molecule has 118 valence electrons. The molecule has 0 amide bonds. The van der Waals surface area contributed by atoms with Gasteiger partial charge in [-0.15, -0.1) is 0 Å². The largest absolute Gasteiger partial charge is 0.416 e. The Morgan fingerprint density at radius 1 is 1.29 bits per heavy atom. The first kappa shape index (κ1) is 16.5. The zero-order chi connectivity index (χ0) is 15.7. The molecule has 3 nitrogen and oxygen atoms in total. The first-order valence-electron chi connectivity index (χ1n) is 7.93. The number of nitrogens with two attached hydrogens (primary N) is 1. The molecule has 2 N–H and O–H groups in total. The normalized spacial score (nSPS) is 16.8. The highest BCUT2D eigenvalue weighted by atomic mass is 28.4. The van der Waals surface area contributed by atoms with E-state index >= 15 is 0 Å². The van der Waals surface area contributed by atoms with Gasteiger partial charge in [-0.1, -0.05) is 32.9 Å². The summed E-state index contributed by atoms with van der Waals surface area (Å²) < 4.78 is 6.28. The molecular formula is C17H30N2OSi. The number of benzene rings is 1. The summed E-state index contributed by atoms with van der Waals surface area (Å²) in [6.07, 6.45) is 1.06. The van der Waals surface area contributed by atoms with Gasteiger partial charge in [-0.2, -0.15) is 0 Å². The summed E-state index contributed by atoms with van der Waals surface area (Å²) in [6, 6.07) is 6.27. The van der Waals surface area contributed by atoms with Crippen LogP contribution in [0.4, 0.5) is 5.69 Å². The fourth-order valence-electron chi connectivity index (χ4n) is 2.53. The monoisotopic (exact) mass is 306 g/mol. The van der Waals surface area contributed by atoms with Gasteiger partial charge < -0.3 is 10.2 Å². The first-order chi connectivity index (χ1) is 9.71. The second-order valence-corrected chi connectivity index (χ2v) is 12.4. The van der Waals surface area contributed by atoms with Gasteiger partial charge in [0.1, 0.15) is 0 Å². The first-order valence-corrected chi connectivity index (χ1v) is 10.8. The minimum absolute atomic E-state index is 0.288. The molecule has 1 aliphatic rings. The molecular weight excluding hydrogens is 276 g/mol. The van der Waals surface area contributed by atoms with Crippen molar-refractivity contribution in [3.63, 3.8) is 0 Å². The predicted molar refractivity (Wildman–Crippen MR) is 93.0 cm³/mol. The van der Waals surface area contributed by atoms with E-state index in [1.165, 1.54) is 11.1 Å². The number of rotatable bonds is 4. The molecule has 1 aromatic rings. The second kappa shape index (κ2) is 6.11. The fourth-order valence-corrected chi connectivity index (χ4v) is 3.57. The van der Waals surface area contributed by atoms with Crippen LogP contribution in [0.15, 0.2) is 18.2 Å². The van der Waals surface area contributed by atoms with E-state index in [2.05, 4.69) is 50.9 Å². The molecule has 0 saturated heterocycles. The lowest BCUT2D eigenvalue weighted by atomic mass is 9.98. The van der Waals surface area contributed by atoms with Crippen LogP contribution in [0.1, 0.15) is 31.9 Å². The zero-order valence-corrected chi connectivity index (χ0v) is 15.2. The standard InChI is InChI=1S/C17H30N2OSi/c1-17(2,3)21(4,5)20-12-11-19-10-9-15-14(13-19)7-6-8-16(15)18/h6-8H,9-13,18H2,1-5H3. The van der Waals surface area contributed by atoms with Gasteiger partial charge in [0.25, 0.3) is 0 Å². The van der Waals surface area contributed by atoms with Crippen molar-refractivity contribution in [2.24, 2.45) is 0 Å². The maximum Gasteiger partial charge on any atom is 0.192 e. The summed E-state index contributed by atoms with van der Waals surface area (Å²) in [4.78, 5) is 2.48. The van der Waals surface area contributed by atoms with Crippen LogP contribution in [0.3, 0.4) is 0 Å². The van der Waals surface area contributed by atoms with Crippen LogP contribution in [0, 0.1) is 0 Å². The highest BCUT2D eigenvalue weighted by Crippen LogP contribution is 2.36. The molecule has 0 bridgehead atoms. The van der Waals surface area contributed by atoms with Crippen molar-refractivity contribution < 1.29 is 4.43 Å². The number of anilines is 1. The van der Waals surface area contributed by atoms with Crippen molar-refractivity contribution in [3.8, 4) is 0 Å². The SMILES string of the molecule is CC(C)(C)[Si](C)(C)OCCN1CCc2c(N)cccc2C1. The number of fused-ring (bicyclic) bond motifs is 1. The summed E-state index contributed by atoms with van der Waals surface area (Å²) in [5, 5.41) is 0.288. The average molecular weight is 307 g/mol. The predicted octanol–water partition coefficient (Wildman–Crippen LogP) is 3.65. The minimum atomic E-state index is -1.62. The third kappa shape index (κ3) is 3.87.